The Labute approximate surface area is 102 Å². The molecule has 2 N–H and O–H groups in total. The summed E-state index contributed by atoms with van der Waals surface area (Å²) in [5, 5.41) is 0. The highest BCUT2D eigenvalue weighted by Crippen LogP contribution is 2.63. The van der Waals surface area contributed by atoms with Gasteiger partial charge in [0.2, 0.25) is 0 Å². The maximum Gasteiger partial charge on any atom is 0.338 e. The van der Waals surface area contributed by atoms with E-state index in [1.165, 1.54) is 0 Å². The molecule has 2 rings (SSSR count). The number of carbonyl (C=O) groups excluding carboxylic acids is 1. The predicted octanol–water partition coefficient (Wildman–Crippen LogP) is 2.45. The zero-order chi connectivity index (χ0) is 12.8. The molecule has 3 nitrogen and oxygen atoms in total. The lowest BCUT2D eigenvalue weighted by molar-refractivity contribution is -0.159. The second-order valence-electron chi connectivity index (χ2n) is 5.43. The Morgan fingerprint density at radius 2 is 2.06 bits per heavy atom. The summed E-state index contributed by atoms with van der Waals surface area (Å²) in [6.45, 7) is 9.59. The first-order valence-corrected chi connectivity index (χ1v) is 5.87. The predicted molar refractivity (Wildman–Crippen MR) is 67.0 cm³/mol. The van der Waals surface area contributed by atoms with Crippen molar-refractivity contribution in [2.24, 2.45) is 11.1 Å². The van der Waals surface area contributed by atoms with Gasteiger partial charge in [-0.1, -0.05) is 6.58 Å². The first-order chi connectivity index (χ1) is 7.80. The van der Waals surface area contributed by atoms with Gasteiger partial charge < -0.3 is 10.5 Å². The van der Waals surface area contributed by atoms with Crippen molar-refractivity contribution in [1.82, 2.24) is 0 Å². The Bertz CT molecular complexity index is 451. The Balaban J connectivity index is 2.44. The summed E-state index contributed by atoms with van der Waals surface area (Å²) in [4.78, 5) is 11.9. The van der Waals surface area contributed by atoms with Crippen LogP contribution in [-0.2, 0) is 9.53 Å². The van der Waals surface area contributed by atoms with Crippen LogP contribution in [0.15, 0.2) is 35.6 Å². The highest BCUT2D eigenvalue weighted by Gasteiger charge is 2.61. The molecule has 0 unspecified atom stereocenters. The van der Waals surface area contributed by atoms with E-state index in [-0.39, 0.29) is 11.4 Å². The van der Waals surface area contributed by atoms with Gasteiger partial charge >= 0.3 is 5.97 Å². The van der Waals surface area contributed by atoms with Crippen LogP contribution < -0.4 is 5.73 Å². The van der Waals surface area contributed by atoms with Crippen molar-refractivity contribution in [3.8, 4) is 0 Å². The third-order valence-corrected chi connectivity index (χ3v) is 4.06. The van der Waals surface area contributed by atoms with Crippen molar-refractivity contribution in [2.45, 2.75) is 39.2 Å². The maximum absolute atomic E-state index is 11.9. The van der Waals surface area contributed by atoms with Crippen LogP contribution in [0.5, 0.6) is 0 Å². The van der Waals surface area contributed by atoms with Crippen molar-refractivity contribution in [3.05, 3.63) is 35.6 Å². The summed E-state index contributed by atoms with van der Waals surface area (Å²) < 4.78 is 5.55. The van der Waals surface area contributed by atoms with Crippen molar-refractivity contribution < 1.29 is 9.53 Å². The summed E-state index contributed by atoms with van der Waals surface area (Å²) in [6, 6.07) is 0. The lowest BCUT2D eigenvalue weighted by atomic mass is 9.77. The molecule has 3 heteroatoms. The molecule has 1 spiro atoms. The Hall–Kier alpha value is -1.51. The number of carbonyl (C=O) groups is 1. The van der Waals surface area contributed by atoms with E-state index in [2.05, 4.69) is 6.58 Å². The summed E-state index contributed by atoms with van der Waals surface area (Å²) in [7, 11) is 0. The van der Waals surface area contributed by atoms with Crippen LogP contribution in [0.1, 0.15) is 33.6 Å². The van der Waals surface area contributed by atoms with Crippen molar-refractivity contribution in [3.63, 3.8) is 0 Å². The standard InChI is InChI=1S/C14H19NO2/c1-9(15)5-6-11-10(2)14(7-8-14)13(3,4)17-12(11)16/h5-6H,1,7-8,15H2,2-4H3/b6-5-. The number of rotatable bonds is 2. The molecule has 1 aliphatic heterocycles. The number of ether oxygens (including phenoxy) is 1. The Kier molecular flexibility index (Phi) is 2.45. The minimum Gasteiger partial charge on any atom is -0.455 e. The summed E-state index contributed by atoms with van der Waals surface area (Å²) in [5.74, 6) is -0.262. The quantitative estimate of drug-likeness (QED) is 0.588. The van der Waals surface area contributed by atoms with E-state index in [1.807, 2.05) is 20.8 Å². The zero-order valence-electron chi connectivity index (χ0n) is 10.7. The molecule has 0 amide bonds. The molecule has 0 aromatic rings. The van der Waals surface area contributed by atoms with E-state index in [9.17, 15) is 4.79 Å². The molecule has 0 saturated heterocycles. The first kappa shape index (κ1) is 12.0. The molecule has 2 aliphatic rings. The Morgan fingerprint density at radius 3 is 2.53 bits per heavy atom. The van der Waals surface area contributed by atoms with Crippen LogP contribution in [0.4, 0.5) is 0 Å². The lowest BCUT2D eigenvalue weighted by Gasteiger charge is -2.40. The smallest absolute Gasteiger partial charge is 0.338 e. The van der Waals surface area contributed by atoms with Crippen LogP contribution in [0.3, 0.4) is 0 Å². The molecule has 0 aromatic carbocycles. The van der Waals surface area contributed by atoms with E-state index >= 15 is 0 Å². The maximum atomic E-state index is 11.9. The van der Waals surface area contributed by atoms with Gasteiger partial charge in [-0.2, -0.15) is 0 Å². The van der Waals surface area contributed by atoms with E-state index in [0.29, 0.717) is 11.3 Å². The van der Waals surface area contributed by atoms with Gasteiger partial charge in [-0.15, -0.1) is 0 Å². The fraction of sp³-hybridized carbons (Fsp3) is 0.500. The topological polar surface area (TPSA) is 52.3 Å². The number of nitrogens with two attached hydrogens (primary N) is 1. The molecule has 17 heavy (non-hydrogen) atoms. The van der Waals surface area contributed by atoms with Gasteiger partial charge in [0.25, 0.3) is 0 Å². The van der Waals surface area contributed by atoms with Gasteiger partial charge in [-0.3, -0.25) is 0 Å². The number of esters is 1. The summed E-state index contributed by atoms with van der Waals surface area (Å²) in [5.41, 5.74) is 7.31. The highest BCUT2D eigenvalue weighted by atomic mass is 16.6. The average Bonchev–Trinajstić information content (AvgIpc) is 2.95. The highest BCUT2D eigenvalue weighted by molar-refractivity contribution is 5.94. The molecular weight excluding hydrogens is 214 g/mol. The van der Waals surface area contributed by atoms with Gasteiger partial charge in [0, 0.05) is 11.1 Å². The first-order valence-electron chi connectivity index (χ1n) is 5.87. The molecule has 0 aromatic heterocycles. The fourth-order valence-corrected chi connectivity index (χ4v) is 2.73. The van der Waals surface area contributed by atoms with Crippen LogP contribution >= 0.6 is 0 Å². The van der Waals surface area contributed by atoms with E-state index < -0.39 is 5.60 Å². The number of hydrogen-bond donors (Lipinski definition) is 1. The third kappa shape index (κ3) is 1.70. The minimum absolute atomic E-state index is 0.0382. The third-order valence-electron chi connectivity index (χ3n) is 4.06. The molecule has 1 heterocycles. The van der Waals surface area contributed by atoms with Crippen LogP contribution in [0.2, 0.25) is 0 Å². The van der Waals surface area contributed by atoms with E-state index in [1.54, 1.807) is 12.2 Å². The van der Waals surface area contributed by atoms with Crippen molar-refractivity contribution >= 4 is 5.97 Å². The summed E-state index contributed by atoms with van der Waals surface area (Å²) in [6.07, 6.45) is 5.53. The molecule has 0 bridgehead atoms. The van der Waals surface area contributed by atoms with Gasteiger partial charge in [-0.05, 0) is 51.3 Å². The minimum atomic E-state index is -0.398. The normalized spacial score (nSPS) is 25.2. The van der Waals surface area contributed by atoms with Crippen molar-refractivity contribution in [2.75, 3.05) is 0 Å². The molecule has 1 saturated carbocycles. The summed E-state index contributed by atoms with van der Waals surface area (Å²) >= 11 is 0. The average molecular weight is 233 g/mol. The molecule has 0 atom stereocenters. The number of hydrogen-bond acceptors (Lipinski definition) is 3. The monoisotopic (exact) mass is 233 g/mol. The fourth-order valence-electron chi connectivity index (χ4n) is 2.73. The van der Waals surface area contributed by atoms with Gasteiger partial charge in [0.15, 0.2) is 0 Å². The SMILES string of the molecule is C=C(N)/C=C\C1=C(C)C2(CC2)C(C)(C)OC1=O. The van der Waals surface area contributed by atoms with E-state index in [0.717, 1.165) is 18.4 Å². The molecule has 1 fully saturated rings. The van der Waals surface area contributed by atoms with Gasteiger partial charge in [-0.25, -0.2) is 4.79 Å². The molecule has 0 radical (unpaired) electrons. The number of allylic oxidation sites excluding steroid dienone is 1. The molecule has 92 valence electrons. The van der Waals surface area contributed by atoms with Gasteiger partial charge in [0.05, 0.1) is 5.57 Å². The van der Waals surface area contributed by atoms with Crippen LogP contribution in [-0.4, -0.2) is 11.6 Å². The van der Waals surface area contributed by atoms with Crippen LogP contribution in [0.25, 0.3) is 0 Å². The van der Waals surface area contributed by atoms with Gasteiger partial charge in [0.1, 0.15) is 5.60 Å². The molecular formula is C14H19NO2. The largest absolute Gasteiger partial charge is 0.455 e. The van der Waals surface area contributed by atoms with E-state index in [4.69, 9.17) is 10.5 Å². The molecule has 1 aliphatic carbocycles. The zero-order valence-corrected chi connectivity index (χ0v) is 10.7. The Morgan fingerprint density at radius 1 is 1.47 bits per heavy atom. The number of cyclic esters (lactones) is 1. The second kappa shape index (κ2) is 3.49. The van der Waals surface area contributed by atoms with Crippen LogP contribution in [0, 0.1) is 5.41 Å². The second-order valence-corrected chi connectivity index (χ2v) is 5.43. The lowest BCUT2D eigenvalue weighted by Crippen LogP contribution is -2.43. The van der Waals surface area contributed by atoms with Crippen molar-refractivity contribution in [1.29, 1.82) is 0 Å².